The maximum atomic E-state index is 10.8. The molecule has 0 amide bonds. The van der Waals surface area contributed by atoms with Gasteiger partial charge in [-0.05, 0) is 17.7 Å². The van der Waals surface area contributed by atoms with Gasteiger partial charge in [-0.1, -0.05) is 6.07 Å². The second-order valence-electron chi connectivity index (χ2n) is 2.96. The molecule has 4 N–H and O–H groups in total. The van der Waals surface area contributed by atoms with Crippen molar-refractivity contribution >= 4 is 16.9 Å². The van der Waals surface area contributed by atoms with Crippen LogP contribution in [-0.4, -0.2) is 21.3 Å². The summed E-state index contributed by atoms with van der Waals surface area (Å²) < 4.78 is 0. The van der Waals surface area contributed by atoms with Gasteiger partial charge in [0.25, 0.3) is 0 Å². The van der Waals surface area contributed by atoms with Gasteiger partial charge in [0.1, 0.15) is 0 Å². The number of nitrogens with two attached hydrogens (primary N) is 1. The van der Waals surface area contributed by atoms with Crippen LogP contribution in [-0.2, 0) is 6.54 Å². The molecule has 0 radical (unpaired) electrons. The number of hydrogen-bond acceptors (Lipinski definition) is 3. The van der Waals surface area contributed by atoms with E-state index >= 15 is 0 Å². The molecule has 72 valence electrons. The normalized spacial score (nSPS) is 10.6. The van der Waals surface area contributed by atoms with Crippen LogP contribution in [0, 0.1) is 0 Å². The van der Waals surface area contributed by atoms with Crippen molar-refractivity contribution in [3.8, 4) is 0 Å². The van der Waals surface area contributed by atoms with Crippen LogP contribution in [0.2, 0.25) is 0 Å². The van der Waals surface area contributed by atoms with Crippen LogP contribution in [0.4, 0.5) is 0 Å². The molecule has 14 heavy (non-hydrogen) atoms. The fourth-order valence-electron chi connectivity index (χ4n) is 1.35. The number of fused-ring (bicyclic) bond motifs is 1. The molecule has 1 aromatic carbocycles. The van der Waals surface area contributed by atoms with Gasteiger partial charge in [0, 0.05) is 11.9 Å². The van der Waals surface area contributed by atoms with Gasteiger partial charge in [-0.3, -0.25) is 5.10 Å². The Bertz CT molecular complexity index is 490. The molecule has 0 spiro atoms. The van der Waals surface area contributed by atoms with E-state index < -0.39 is 5.97 Å². The standard InChI is InChI=1S/C9H9N3O2/c10-4-5-1-2-7-6(3-5)8(9(13)14)12-11-7/h1-3H,4,10H2,(H,11,12)(H,13,14). The Hall–Kier alpha value is -1.88. The predicted molar refractivity (Wildman–Crippen MR) is 50.9 cm³/mol. The SMILES string of the molecule is NCc1ccc2[nH]nc(C(=O)O)c2c1. The Balaban J connectivity index is 2.69. The van der Waals surface area contributed by atoms with Crippen LogP contribution in [0.5, 0.6) is 0 Å². The van der Waals surface area contributed by atoms with Gasteiger partial charge in [0.15, 0.2) is 5.69 Å². The number of aromatic amines is 1. The van der Waals surface area contributed by atoms with E-state index in [-0.39, 0.29) is 5.69 Å². The molecule has 2 rings (SSSR count). The van der Waals surface area contributed by atoms with Crippen molar-refractivity contribution in [3.63, 3.8) is 0 Å². The number of carbonyl (C=O) groups is 1. The Morgan fingerprint density at radius 3 is 3.00 bits per heavy atom. The van der Waals surface area contributed by atoms with Gasteiger partial charge in [0.05, 0.1) is 5.52 Å². The van der Waals surface area contributed by atoms with Gasteiger partial charge >= 0.3 is 5.97 Å². The molecule has 0 aliphatic carbocycles. The summed E-state index contributed by atoms with van der Waals surface area (Å²) in [4.78, 5) is 10.8. The fraction of sp³-hybridized carbons (Fsp3) is 0.111. The number of nitrogens with zero attached hydrogens (tertiary/aromatic N) is 1. The summed E-state index contributed by atoms with van der Waals surface area (Å²) in [5, 5.41) is 15.8. The van der Waals surface area contributed by atoms with Gasteiger partial charge in [-0.25, -0.2) is 4.79 Å². The van der Waals surface area contributed by atoms with E-state index in [1.807, 2.05) is 6.07 Å². The third-order valence-electron chi connectivity index (χ3n) is 2.07. The topological polar surface area (TPSA) is 92.0 Å². The molecule has 5 nitrogen and oxygen atoms in total. The molecular weight excluding hydrogens is 182 g/mol. The lowest BCUT2D eigenvalue weighted by atomic mass is 10.1. The molecule has 2 aromatic rings. The minimum atomic E-state index is -1.04. The first-order valence-corrected chi connectivity index (χ1v) is 4.12. The van der Waals surface area contributed by atoms with Crippen LogP contribution in [0.25, 0.3) is 10.9 Å². The van der Waals surface area contributed by atoms with Gasteiger partial charge < -0.3 is 10.8 Å². The van der Waals surface area contributed by atoms with Crippen LogP contribution in [0.15, 0.2) is 18.2 Å². The predicted octanol–water partition coefficient (Wildman–Crippen LogP) is 0.720. The highest BCUT2D eigenvalue weighted by molar-refractivity contribution is 6.01. The van der Waals surface area contributed by atoms with E-state index in [1.54, 1.807) is 12.1 Å². The van der Waals surface area contributed by atoms with Crippen molar-refractivity contribution in [3.05, 3.63) is 29.5 Å². The Morgan fingerprint density at radius 1 is 1.57 bits per heavy atom. The first kappa shape index (κ1) is 8.71. The second kappa shape index (κ2) is 3.12. The number of carboxylic acid groups (broad SMARTS) is 1. The molecule has 0 fully saturated rings. The zero-order chi connectivity index (χ0) is 10.1. The highest BCUT2D eigenvalue weighted by atomic mass is 16.4. The highest BCUT2D eigenvalue weighted by Crippen LogP contribution is 2.17. The van der Waals surface area contributed by atoms with Crippen molar-refractivity contribution in [2.45, 2.75) is 6.54 Å². The molecule has 0 aliphatic rings. The molecular formula is C9H9N3O2. The second-order valence-corrected chi connectivity index (χ2v) is 2.96. The number of benzene rings is 1. The Kier molecular flexibility index (Phi) is 1.94. The van der Waals surface area contributed by atoms with Crippen molar-refractivity contribution in [1.82, 2.24) is 10.2 Å². The van der Waals surface area contributed by atoms with Crippen molar-refractivity contribution in [2.75, 3.05) is 0 Å². The summed E-state index contributed by atoms with van der Waals surface area (Å²) >= 11 is 0. The van der Waals surface area contributed by atoms with Gasteiger partial charge in [-0.2, -0.15) is 5.10 Å². The first-order chi connectivity index (χ1) is 6.72. The summed E-state index contributed by atoms with van der Waals surface area (Å²) in [5.41, 5.74) is 7.09. The quantitative estimate of drug-likeness (QED) is 0.652. The lowest BCUT2D eigenvalue weighted by Gasteiger charge is -1.96. The van der Waals surface area contributed by atoms with E-state index in [4.69, 9.17) is 10.8 Å². The number of H-pyrrole nitrogens is 1. The molecule has 0 aliphatic heterocycles. The average Bonchev–Trinajstić information content (AvgIpc) is 2.59. The minimum absolute atomic E-state index is 0.0373. The molecule has 1 aromatic heterocycles. The van der Waals surface area contributed by atoms with Crippen LogP contribution in [0.3, 0.4) is 0 Å². The number of carboxylic acids is 1. The van der Waals surface area contributed by atoms with E-state index in [0.29, 0.717) is 17.4 Å². The first-order valence-electron chi connectivity index (χ1n) is 4.12. The summed E-state index contributed by atoms with van der Waals surface area (Å²) in [6.07, 6.45) is 0. The van der Waals surface area contributed by atoms with E-state index in [1.165, 1.54) is 0 Å². The molecule has 0 saturated carbocycles. The Labute approximate surface area is 79.5 Å². The van der Waals surface area contributed by atoms with Crippen LogP contribution in [0.1, 0.15) is 16.1 Å². The maximum absolute atomic E-state index is 10.8. The molecule has 0 unspecified atom stereocenters. The smallest absolute Gasteiger partial charge is 0.357 e. The zero-order valence-corrected chi connectivity index (χ0v) is 7.32. The van der Waals surface area contributed by atoms with Crippen molar-refractivity contribution < 1.29 is 9.90 Å². The number of aromatic nitrogens is 2. The van der Waals surface area contributed by atoms with Crippen molar-refractivity contribution in [2.24, 2.45) is 5.73 Å². The van der Waals surface area contributed by atoms with Gasteiger partial charge in [-0.15, -0.1) is 0 Å². The third kappa shape index (κ3) is 1.23. The number of aromatic carboxylic acids is 1. The molecule has 0 atom stereocenters. The molecule has 0 bridgehead atoms. The number of hydrogen-bond donors (Lipinski definition) is 3. The summed E-state index contributed by atoms with van der Waals surface area (Å²) in [7, 11) is 0. The average molecular weight is 191 g/mol. The highest BCUT2D eigenvalue weighted by Gasteiger charge is 2.12. The number of nitrogens with one attached hydrogen (secondary N) is 1. The van der Waals surface area contributed by atoms with E-state index in [2.05, 4.69) is 10.2 Å². The summed E-state index contributed by atoms with van der Waals surface area (Å²) in [6.45, 7) is 0.389. The van der Waals surface area contributed by atoms with Crippen LogP contribution >= 0.6 is 0 Å². The lowest BCUT2D eigenvalue weighted by Crippen LogP contribution is -1.98. The number of rotatable bonds is 2. The van der Waals surface area contributed by atoms with E-state index in [0.717, 1.165) is 5.56 Å². The van der Waals surface area contributed by atoms with E-state index in [9.17, 15) is 4.79 Å². The largest absolute Gasteiger partial charge is 0.476 e. The maximum Gasteiger partial charge on any atom is 0.357 e. The van der Waals surface area contributed by atoms with Gasteiger partial charge in [0.2, 0.25) is 0 Å². The molecule has 5 heteroatoms. The summed E-state index contributed by atoms with van der Waals surface area (Å²) in [6, 6.07) is 5.35. The minimum Gasteiger partial charge on any atom is -0.476 e. The monoisotopic (exact) mass is 191 g/mol. The molecule has 0 saturated heterocycles. The van der Waals surface area contributed by atoms with Crippen molar-refractivity contribution in [1.29, 1.82) is 0 Å². The molecule has 1 heterocycles. The fourth-order valence-corrected chi connectivity index (χ4v) is 1.35. The zero-order valence-electron chi connectivity index (χ0n) is 7.32. The third-order valence-corrected chi connectivity index (χ3v) is 2.07. The van der Waals surface area contributed by atoms with Crippen LogP contribution < -0.4 is 5.73 Å². The lowest BCUT2D eigenvalue weighted by molar-refractivity contribution is 0.0692. The Morgan fingerprint density at radius 2 is 2.36 bits per heavy atom. The summed E-state index contributed by atoms with van der Waals surface area (Å²) in [5.74, 6) is -1.04.